The summed E-state index contributed by atoms with van der Waals surface area (Å²) in [6.45, 7) is -0.696. The van der Waals surface area contributed by atoms with Crippen LogP contribution in [0.4, 0.5) is 17.6 Å². The van der Waals surface area contributed by atoms with Crippen LogP contribution in [0.25, 0.3) is 0 Å². The van der Waals surface area contributed by atoms with Gasteiger partial charge in [0.15, 0.2) is 6.17 Å². The summed E-state index contributed by atoms with van der Waals surface area (Å²) < 4.78 is 89.8. The fourth-order valence-electron chi connectivity index (χ4n) is 6.04. The van der Waals surface area contributed by atoms with Crippen LogP contribution < -0.4 is 9.47 Å². The van der Waals surface area contributed by atoms with E-state index in [1.54, 1.807) is 66.7 Å². The number of halogens is 4. The second-order valence-electron chi connectivity index (χ2n) is 12.3. The Morgan fingerprint density at radius 2 is 1.60 bits per heavy atom. The zero-order chi connectivity index (χ0) is 36.7. The van der Waals surface area contributed by atoms with Gasteiger partial charge in [0.2, 0.25) is 12.2 Å². The molecule has 0 saturated carbocycles. The molecule has 2 heterocycles. The molecule has 0 spiro atoms. The summed E-state index contributed by atoms with van der Waals surface area (Å²) in [4.78, 5) is 25.7. The lowest BCUT2D eigenvalue weighted by Crippen LogP contribution is -2.51. The van der Waals surface area contributed by atoms with E-state index < -0.39 is 61.5 Å². The molecule has 9 nitrogen and oxygen atoms in total. The van der Waals surface area contributed by atoms with E-state index in [4.69, 9.17) is 23.7 Å². The Bertz CT molecular complexity index is 1880. The molecule has 2 aliphatic rings. The summed E-state index contributed by atoms with van der Waals surface area (Å²) in [5.74, 6) is -1.70. The van der Waals surface area contributed by atoms with E-state index in [1.807, 2.05) is 18.2 Å². The van der Waals surface area contributed by atoms with Gasteiger partial charge in [0.1, 0.15) is 30.3 Å². The van der Waals surface area contributed by atoms with Crippen LogP contribution in [-0.2, 0) is 33.4 Å². The first-order chi connectivity index (χ1) is 25.1. The van der Waals surface area contributed by atoms with E-state index in [-0.39, 0.29) is 41.5 Å². The molecule has 1 aliphatic heterocycles. The molecule has 0 amide bonds. The number of nitrogens with zero attached hydrogens (tertiary/aromatic N) is 2. The van der Waals surface area contributed by atoms with E-state index in [1.165, 1.54) is 31.4 Å². The number of methoxy groups -OCH3 is 1. The Morgan fingerprint density at radius 3 is 2.21 bits per heavy atom. The molecule has 1 aromatic heterocycles. The molecule has 4 aromatic rings. The summed E-state index contributed by atoms with van der Waals surface area (Å²) in [6, 6.07) is 22.5. The standard InChI is InChI=1S/C39H36F4N2O7/c1-48-29-19-17-25(18-20-29)21-30-35(39(41,42)43)45(23-26-11-5-2-6-12-26)44-36(30)52-33-22-31(51-38(47)28-15-9-4-10-16-28)34(40)32(50-33)24-49-37(46)27-13-7-3-8-14-27/h2-11,13-20,26,31-34H,12,21-24H2,1H3/t26?,31-,32-,33+,34+/m1/s1. The highest BCUT2D eigenvalue weighted by Crippen LogP contribution is 2.40. The SMILES string of the molecule is COc1ccc(Cc2c(O[C@H]3C[C@@H](OC(=O)c4ccccc4)[C@H](F)[C@@H](COC(=O)c4ccccc4)O3)nn(CC3C=CC=CC3)c2C(F)(F)F)cc1. The first-order valence-electron chi connectivity index (χ1n) is 16.7. The van der Waals surface area contributed by atoms with Crippen LogP contribution in [0, 0.1) is 5.92 Å². The van der Waals surface area contributed by atoms with Crippen LogP contribution in [0.5, 0.6) is 11.6 Å². The zero-order valence-corrected chi connectivity index (χ0v) is 28.1. The molecule has 5 atom stereocenters. The first kappa shape index (κ1) is 36.4. The number of hydrogen-bond donors (Lipinski definition) is 0. The Kier molecular flexibility index (Phi) is 11.4. The number of benzene rings is 3. The van der Waals surface area contributed by atoms with Crippen LogP contribution in [0.15, 0.2) is 109 Å². The van der Waals surface area contributed by atoms with Gasteiger partial charge in [-0.25, -0.2) is 14.0 Å². The second kappa shape index (κ2) is 16.3. The lowest BCUT2D eigenvalue weighted by atomic mass is 10.0. The molecular weight excluding hydrogens is 684 g/mol. The number of carbonyl (C=O) groups excluding carboxylic acids is 2. The molecule has 13 heteroatoms. The van der Waals surface area contributed by atoms with Crippen molar-refractivity contribution in [3.05, 3.63) is 137 Å². The lowest BCUT2D eigenvalue weighted by molar-refractivity contribution is -0.215. The van der Waals surface area contributed by atoms with Gasteiger partial charge in [-0.15, -0.1) is 5.10 Å². The summed E-state index contributed by atoms with van der Waals surface area (Å²) in [5, 5.41) is 4.31. The smallest absolute Gasteiger partial charge is 0.433 e. The lowest BCUT2D eigenvalue weighted by Gasteiger charge is -2.37. The molecule has 3 aromatic carbocycles. The highest BCUT2D eigenvalue weighted by molar-refractivity contribution is 5.89. The average Bonchev–Trinajstić information content (AvgIpc) is 3.49. The molecule has 0 N–H and O–H groups in total. The van der Waals surface area contributed by atoms with Crippen molar-refractivity contribution in [3.8, 4) is 11.6 Å². The van der Waals surface area contributed by atoms with Crippen LogP contribution in [0.2, 0.25) is 0 Å². The topological polar surface area (TPSA) is 98.1 Å². The van der Waals surface area contributed by atoms with Gasteiger partial charge in [0, 0.05) is 18.9 Å². The molecule has 1 saturated heterocycles. The monoisotopic (exact) mass is 720 g/mol. The van der Waals surface area contributed by atoms with Crippen LogP contribution in [0.3, 0.4) is 0 Å². The third-order valence-electron chi connectivity index (χ3n) is 8.66. The van der Waals surface area contributed by atoms with Crippen molar-refractivity contribution >= 4 is 11.9 Å². The van der Waals surface area contributed by atoms with E-state index in [9.17, 15) is 22.8 Å². The number of rotatable bonds is 12. The van der Waals surface area contributed by atoms with E-state index >= 15 is 4.39 Å². The zero-order valence-electron chi connectivity index (χ0n) is 28.1. The maximum Gasteiger partial charge on any atom is 0.433 e. The Morgan fingerprint density at radius 1 is 0.923 bits per heavy atom. The van der Waals surface area contributed by atoms with Crippen LogP contribution in [-0.4, -0.2) is 60.1 Å². The van der Waals surface area contributed by atoms with Gasteiger partial charge >= 0.3 is 18.1 Å². The maximum atomic E-state index is 16.0. The predicted octanol–water partition coefficient (Wildman–Crippen LogP) is 7.55. The number of carbonyl (C=O) groups is 2. The number of esters is 2. The highest BCUT2D eigenvalue weighted by Gasteiger charge is 2.45. The van der Waals surface area contributed by atoms with Gasteiger partial charge < -0.3 is 23.7 Å². The fraction of sp³-hybridized carbons (Fsp3) is 0.308. The summed E-state index contributed by atoms with van der Waals surface area (Å²) in [5.41, 5.74) is -0.368. The number of aromatic nitrogens is 2. The Labute approximate surface area is 297 Å². The van der Waals surface area contributed by atoms with Crippen molar-refractivity contribution in [2.75, 3.05) is 13.7 Å². The number of alkyl halides is 4. The minimum Gasteiger partial charge on any atom is -0.497 e. The van der Waals surface area contributed by atoms with Crippen molar-refractivity contribution < 1.29 is 50.8 Å². The summed E-state index contributed by atoms with van der Waals surface area (Å²) in [7, 11) is 1.48. The first-order valence-corrected chi connectivity index (χ1v) is 16.7. The van der Waals surface area contributed by atoms with Crippen molar-refractivity contribution in [1.29, 1.82) is 0 Å². The van der Waals surface area contributed by atoms with E-state index in [0.717, 1.165) is 4.68 Å². The number of hydrogen-bond acceptors (Lipinski definition) is 8. The average molecular weight is 721 g/mol. The molecule has 1 aliphatic carbocycles. The normalized spacial score (nSPS) is 21.4. The largest absolute Gasteiger partial charge is 0.497 e. The third kappa shape index (κ3) is 8.89. The maximum absolute atomic E-state index is 16.0. The molecule has 0 radical (unpaired) electrons. The fourth-order valence-corrected chi connectivity index (χ4v) is 6.04. The third-order valence-corrected chi connectivity index (χ3v) is 8.66. The minimum absolute atomic E-state index is 0.0951. The molecule has 6 rings (SSSR count). The van der Waals surface area contributed by atoms with Crippen molar-refractivity contribution in [1.82, 2.24) is 9.78 Å². The van der Waals surface area contributed by atoms with Gasteiger partial charge in [-0.3, -0.25) is 4.68 Å². The van der Waals surface area contributed by atoms with Gasteiger partial charge in [-0.05, 0) is 48.4 Å². The van der Waals surface area contributed by atoms with E-state index in [0.29, 0.717) is 17.7 Å². The van der Waals surface area contributed by atoms with Crippen molar-refractivity contribution in [3.63, 3.8) is 0 Å². The molecule has 1 unspecified atom stereocenters. The molecule has 0 bridgehead atoms. The van der Waals surface area contributed by atoms with Gasteiger partial charge in [0.05, 0.1) is 30.2 Å². The highest BCUT2D eigenvalue weighted by atomic mass is 19.4. The molecule has 52 heavy (non-hydrogen) atoms. The molecule has 272 valence electrons. The summed E-state index contributed by atoms with van der Waals surface area (Å²) in [6.07, 6.45) is -4.08. The Hall–Kier alpha value is -5.43. The van der Waals surface area contributed by atoms with Crippen LogP contribution >= 0.6 is 0 Å². The van der Waals surface area contributed by atoms with Gasteiger partial charge in [0.25, 0.3) is 0 Å². The quantitative estimate of drug-likeness (QED) is 0.109. The second-order valence-corrected chi connectivity index (χ2v) is 12.3. The molecular formula is C39H36F4N2O7. The Balaban J connectivity index is 1.32. The summed E-state index contributed by atoms with van der Waals surface area (Å²) >= 11 is 0. The minimum atomic E-state index is -4.83. The molecule has 1 fully saturated rings. The van der Waals surface area contributed by atoms with Crippen molar-refractivity contribution in [2.45, 2.75) is 56.7 Å². The predicted molar refractivity (Wildman–Crippen MR) is 181 cm³/mol. The van der Waals surface area contributed by atoms with Gasteiger partial charge in [-0.1, -0.05) is 72.8 Å². The van der Waals surface area contributed by atoms with Crippen molar-refractivity contribution in [2.24, 2.45) is 5.92 Å². The number of allylic oxidation sites excluding steroid dienone is 4. The van der Waals surface area contributed by atoms with Crippen LogP contribution in [0.1, 0.15) is 50.4 Å². The van der Waals surface area contributed by atoms with Gasteiger partial charge in [-0.2, -0.15) is 13.2 Å². The van der Waals surface area contributed by atoms with E-state index in [2.05, 4.69) is 5.10 Å². The number of ether oxygens (including phenoxy) is 5.